The number of sulfonamides is 1. The van der Waals surface area contributed by atoms with E-state index in [-0.39, 0.29) is 4.90 Å². The minimum atomic E-state index is -4.18. The van der Waals surface area contributed by atoms with Crippen LogP contribution in [0.25, 0.3) is 0 Å². The molecule has 2 rings (SSSR count). The van der Waals surface area contributed by atoms with Crippen LogP contribution in [0.1, 0.15) is 5.56 Å². The molecule has 0 unspecified atom stereocenters. The van der Waals surface area contributed by atoms with Gasteiger partial charge in [-0.25, -0.2) is 8.42 Å². The van der Waals surface area contributed by atoms with E-state index in [2.05, 4.69) is 0 Å². The number of hydrazine groups is 1. The summed E-state index contributed by atoms with van der Waals surface area (Å²) in [6.07, 6.45) is 0. The number of hydrogen-bond donors (Lipinski definition) is 2. The fourth-order valence-electron chi connectivity index (χ4n) is 1.76. The second-order valence-electron chi connectivity index (χ2n) is 4.83. The Balaban J connectivity index is 1.92. The highest BCUT2D eigenvalue weighted by Crippen LogP contribution is 2.16. The van der Waals surface area contributed by atoms with Crippen molar-refractivity contribution in [2.75, 3.05) is 6.61 Å². The lowest BCUT2D eigenvalue weighted by Crippen LogP contribution is -2.43. The van der Waals surface area contributed by atoms with Gasteiger partial charge in [-0.1, -0.05) is 6.07 Å². The van der Waals surface area contributed by atoms with Gasteiger partial charge in [0.1, 0.15) is 5.75 Å². The van der Waals surface area contributed by atoms with Gasteiger partial charge in [-0.2, -0.15) is 5.26 Å². The molecule has 0 aromatic heterocycles. The Bertz CT molecular complexity index is 966. The smallest absolute Gasteiger partial charge is 0.272 e. The van der Waals surface area contributed by atoms with Crippen LogP contribution in [0.3, 0.4) is 0 Å². The summed E-state index contributed by atoms with van der Waals surface area (Å²) < 4.78 is 29.2. The third-order valence-corrected chi connectivity index (χ3v) is 4.26. The fourth-order valence-corrected chi connectivity index (χ4v) is 2.66. The summed E-state index contributed by atoms with van der Waals surface area (Å²) in [7, 11) is -4.18. The third-order valence-electron chi connectivity index (χ3n) is 3.02. The van der Waals surface area contributed by atoms with Gasteiger partial charge >= 0.3 is 0 Å². The summed E-state index contributed by atoms with van der Waals surface area (Å²) in [6, 6.07) is 12.3. The largest absolute Gasteiger partial charge is 0.484 e. The molecule has 134 valence electrons. The molecule has 2 aromatic rings. The number of rotatable bonds is 7. The predicted octanol–water partition coefficient (Wildman–Crippen LogP) is 0.855. The van der Waals surface area contributed by atoms with Crippen LogP contribution in [0.4, 0.5) is 5.69 Å². The predicted molar refractivity (Wildman–Crippen MR) is 88.2 cm³/mol. The SMILES string of the molecule is N#Cc1ccc(OCC(=O)NNS(=O)(=O)c2cccc([N+](=O)[O-])c2)cc1. The number of nitro benzene ring substituents is 1. The van der Waals surface area contributed by atoms with E-state index >= 15 is 0 Å². The average molecular weight is 376 g/mol. The van der Waals surface area contributed by atoms with Gasteiger partial charge in [0, 0.05) is 12.1 Å². The van der Waals surface area contributed by atoms with E-state index in [1.165, 1.54) is 30.3 Å². The van der Waals surface area contributed by atoms with Crippen molar-refractivity contribution in [3.8, 4) is 11.8 Å². The highest BCUT2D eigenvalue weighted by atomic mass is 32.2. The van der Waals surface area contributed by atoms with Crippen molar-refractivity contribution in [1.82, 2.24) is 10.3 Å². The maximum absolute atomic E-state index is 12.0. The molecule has 0 aliphatic rings. The molecule has 0 radical (unpaired) electrons. The highest BCUT2D eigenvalue weighted by Gasteiger charge is 2.18. The molecule has 26 heavy (non-hydrogen) atoms. The van der Waals surface area contributed by atoms with Crippen LogP contribution in [0.15, 0.2) is 53.4 Å². The molecule has 0 aliphatic heterocycles. The number of carbonyl (C=O) groups excluding carboxylic acids is 1. The molecule has 2 aromatic carbocycles. The minimum absolute atomic E-state index is 0.320. The summed E-state index contributed by atoms with van der Waals surface area (Å²) in [6.45, 7) is -0.483. The first-order valence-corrected chi connectivity index (χ1v) is 8.48. The molecule has 0 heterocycles. The van der Waals surface area contributed by atoms with Crippen LogP contribution >= 0.6 is 0 Å². The summed E-state index contributed by atoms with van der Waals surface area (Å²) in [5.74, 6) is -0.468. The van der Waals surface area contributed by atoms with Gasteiger partial charge in [-0.05, 0) is 30.3 Å². The Hall–Kier alpha value is -3.49. The molecule has 0 spiro atoms. The number of nitro groups is 1. The second kappa shape index (κ2) is 8.06. The molecule has 0 aliphatic carbocycles. The van der Waals surface area contributed by atoms with Crippen molar-refractivity contribution in [2.24, 2.45) is 0 Å². The molecular formula is C15H12N4O6S. The van der Waals surface area contributed by atoms with Gasteiger partial charge in [-0.3, -0.25) is 20.3 Å². The highest BCUT2D eigenvalue weighted by molar-refractivity contribution is 7.89. The zero-order chi connectivity index (χ0) is 19.2. The number of amides is 1. The van der Waals surface area contributed by atoms with Gasteiger partial charge < -0.3 is 4.74 Å². The Morgan fingerprint density at radius 3 is 2.54 bits per heavy atom. The van der Waals surface area contributed by atoms with Gasteiger partial charge in [0.25, 0.3) is 21.6 Å². The van der Waals surface area contributed by atoms with Gasteiger partial charge in [0.2, 0.25) is 0 Å². The van der Waals surface area contributed by atoms with Crippen molar-refractivity contribution < 1.29 is 22.9 Å². The molecule has 0 bridgehead atoms. The standard InChI is InChI=1S/C15H12N4O6S/c16-9-11-4-6-13(7-5-11)25-10-15(20)17-18-26(23,24)14-3-1-2-12(8-14)19(21)22/h1-8,18H,10H2,(H,17,20). The number of non-ortho nitro benzene ring substituents is 1. The molecule has 11 heteroatoms. The number of nitrogens with one attached hydrogen (secondary N) is 2. The third kappa shape index (κ3) is 5.00. The van der Waals surface area contributed by atoms with Crippen molar-refractivity contribution in [2.45, 2.75) is 4.90 Å². The van der Waals surface area contributed by atoms with Crippen LogP contribution in [0, 0.1) is 21.4 Å². The summed E-state index contributed by atoms with van der Waals surface area (Å²) in [5.41, 5.74) is 1.96. The van der Waals surface area contributed by atoms with E-state index in [0.29, 0.717) is 11.3 Å². The Morgan fingerprint density at radius 1 is 1.23 bits per heavy atom. The average Bonchev–Trinajstić information content (AvgIpc) is 2.65. The zero-order valence-electron chi connectivity index (χ0n) is 13.1. The first kappa shape index (κ1) is 18.8. The van der Waals surface area contributed by atoms with Crippen molar-refractivity contribution in [3.63, 3.8) is 0 Å². The lowest BCUT2D eigenvalue weighted by atomic mass is 10.2. The van der Waals surface area contributed by atoms with Crippen molar-refractivity contribution in [3.05, 3.63) is 64.2 Å². The topological polar surface area (TPSA) is 151 Å². The number of benzene rings is 2. The molecular weight excluding hydrogens is 364 g/mol. The first-order valence-electron chi connectivity index (χ1n) is 7.00. The van der Waals surface area contributed by atoms with E-state index in [4.69, 9.17) is 10.00 Å². The van der Waals surface area contributed by atoms with Gasteiger partial charge in [-0.15, -0.1) is 4.83 Å². The summed E-state index contributed by atoms with van der Waals surface area (Å²) in [4.78, 5) is 23.1. The molecule has 10 nitrogen and oxygen atoms in total. The molecule has 1 amide bonds. The maximum Gasteiger partial charge on any atom is 0.272 e. The van der Waals surface area contributed by atoms with Gasteiger partial charge in [0.15, 0.2) is 6.61 Å². The van der Waals surface area contributed by atoms with Crippen molar-refractivity contribution >= 4 is 21.6 Å². The summed E-state index contributed by atoms with van der Waals surface area (Å²) >= 11 is 0. The second-order valence-corrected chi connectivity index (χ2v) is 6.52. The molecule has 0 saturated carbocycles. The summed E-state index contributed by atoms with van der Waals surface area (Å²) in [5, 5.41) is 19.4. The maximum atomic E-state index is 12.0. The quantitative estimate of drug-likeness (QED) is 0.537. The number of nitrogens with zero attached hydrogens (tertiary/aromatic N) is 2. The molecule has 0 saturated heterocycles. The lowest BCUT2D eigenvalue weighted by Gasteiger charge is -2.09. The molecule has 2 N–H and O–H groups in total. The Kier molecular flexibility index (Phi) is 5.84. The zero-order valence-corrected chi connectivity index (χ0v) is 13.9. The Morgan fingerprint density at radius 2 is 1.92 bits per heavy atom. The molecule has 0 fully saturated rings. The van der Waals surface area contributed by atoms with E-state index in [0.717, 1.165) is 18.2 Å². The van der Waals surface area contributed by atoms with E-state index in [1.54, 1.807) is 0 Å². The van der Waals surface area contributed by atoms with Crippen LogP contribution in [0.2, 0.25) is 0 Å². The van der Waals surface area contributed by atoms with Crippen LogP contribution < -0.4 is 15.0 Å². The fraction of sp³-hybridized carbons (Fsp3) is 0.0667. The number of ether oxygens (including phenoxy) is 1. The van der Waals surface area contributed by atoms with E-state index in [1.807, 2.05) is 16.3 Å². The monoisotopic (exact) mass is 376 g/mol. The van der Waals surface area contributed by atoms with Gasteiger partial charge in [0.05, 0.1) is 21.5 Å². The Labute approximate surface area is 148 Å². The minimum Gasteiger partial charge on any atom is -0.484 e. The first-order chi connectivity index (χ1) is 12.3. The van der Waals surface area contributed by atoms with E-state index < -0.39 is 33.1 Å². The number of nitriles is 1. The van der Waals surface area contributed by atoms with Crippen LogP contribution in [-0.4, -0.2) is 25.9 Å². The molecule has 0 atom stereocenters. The van der Waals surface area contributed by atoms with Crippen molar-refractivity contribution in [1.29, 1.82) is 5.26 Å². The number of hydrogen-bond acceptors (Lipinski definition) is 7. The van der Waals surface area contributed by atoms with Crippen LogP contribution in [-0.2, 0) is 14.8 Å². The van der Waals surface area contributed by atoms with Crippen LogP contribution in [0.5, 0.6) is 5.75 Å². The van der Waals surface area contributed by atoms with E-state index in [9.17, 15) is 23.3 Å². The lowest BCUT2D eigenvalue weighted by molar-refractivity contribution is -0.385. The number of carbonyl (C=O) groups is 1. The normalized spacial score (nSPS) is 10.6.